The van der Waals surface area contributed by atoms with Crippen LogP contribution in [0.25, 0.3) is 10.7 Å². The van der Waals surface area contributed by atoms with Crippen molar-refractivity contribution in [3.63, 3.8) is 0 Å². The van der Waals surface area contributed by atoms with Gasteiger partial charge in [-0.15, -0.1) is 11.3 Å². The molecule has 1 atom stereocenters. The van der Waals surface area contributed by atoms with Gasteiger partial charge in [0, 0.05) is 48.4 Å². The zero-order valence-corrected chi connectivity index (χ0v) is 14.6. The molecule has 1 N–H and O–H groups in total. The first-order valence-corrected chi connectivity index (χ1v) is 8.88. The van der Waals surface area contributed by atoms with Gasteiger partial charge in [0.05, 0.1) is 4.88 Å². The predicted octanol–water partition coefficient (Wildman–Crippen LogP) is 2.31. The summed E-state index contributed by atoms with van der Waals surface area (Å²) in [4.78, 5) is 19.5. The van der Waals surface area contributed by atoms with Gasteiger partial charge in [-0.05, 0) is 28.9 Å². The van der Waals surface area contributed by atoms with Gasteiger partial charge in [0.1, 0.15) is 0 Å². The van der Waals surface area contributed by atoms with Gasteiger partial charge >= 0.3 is 0 Å². The maximum absolute atomic E-state index is 12.3. The summed E-state index contributed by atoms with van der Waals surface area (Å²) in [5.74, 6) is 1.23. The molecule has 6 nitrogen and oxygen atoms in total. The molecule has 118 valence electrons. The second kappa shape index (κ2) is 6.89. The van der Waals surface area contributed by atoms with E-state index in [1.165, 1.54) is 0 Å². The lowest BCUT2D eigenvalue weighted by atomic mass is 10.2. The van der Waals surface area contributed by atoms with Crippen molar-refractivity contribution < 1.29 is 9.32 Å². The van der Waals surface area contributed by atoms with Crippen molar-refractivity contribution in [2.45, 2.75) is 25.8 Å². The first-order valence-electron chi connectivity index (χ1n) is 7.20. The summed E-state index contributed by atoms with van der Waals surface area (Å²) < 4.78 is 6.24. The minimum atomic E-state index is 0.146. The number of thiophene rings is 1. The summed E-state index contributed by atoms with van der Waals surface area (Å²) in [5.41, 5.74) is 0. The zero-order chi connectivity index (χ0) is 15.5. The molecule has 0 saturated carbocycles. The third-order valence-electron chi connectivity index (χ3n) is 3.63. The fourth-order valence-electron chi connectivity index (χ4n) is 2.46. The number of carbonyl (C=O) groups excluding carboxylic acids is 1. The second-order valence-electron chi connectivity index (χ2n) is 5.28. The molecule has 0 spiro atoms. The van der Waals surface area contributed by atoms with Crippen molar-refractivity contribution in [2.24, 2.45) is 0 Å². The lowest BCUT2D eigenvalue weighted by molar-refractivity contribution is -0.134. The first kappa shape index (κ1) is 15.6. The van der Waals surface area contributed by atoms with Crippen molar-refractivity contribution in [3.05, 3.63) is 21.8 Å². The van der Waals surface area contributed by atoms with Gasteiger partial charge in [-0.2, -0.15) is 4.98 Å². The summed E-state index contributed by atoms with van der Waals surface area (Å²) in [5, 5.41) is 9.23. The monoisotopic (exact) mass is 384 g/mol. The van der Waals surface area contributed by atoms with E-state index in [-0.39, 0.29) is 11.9 Å². The fourth-order valence-corrected chi connectivity index (χ4v) is 3.81. The standard InChI is InChI=1S/C14H17BrN4O2S/c1-9-7-16-4-5-19(9)13(20)3-2-12-17-14(18-21-12)11-6-10(15)8-22-11/h6,8-9,16H,2-5,7H2,1H3. The molecule has 1 unspecified atom stereocenters. The molecule has 1 amide bonds. The van der Waals surface area contributed by atoms with Gasteiger partial charge in [0.15, 0.2) is 0 Å². The van der Waals surface area contributed by atoms with E-state index in [0.29, 0.717) is 24.6 Å². The molecule has 2 aromatic heterocycles. The van der Waals surface area contributed by atoms with Crippen LogP contribution in [0.15, 0.2) is 20.4 Å². The Morgan fingerprint density at radius 2 is 2.50 bits per heavy atom. The van der Waals surface area contributed by atoms with E-state index in [2.05, 4.69) is 38.3 Å². The number of aromatic nitrogens is 2. The number of nitrogens with one attached hydrogen (secondary N) is 1. The number of carbonyl (C=O) groups is 1. The number of piperazine rings is 1. The summed E-state index contributed by atoms with van der Waals surface area (Å²) >= 11 is 4.95. The number of rotatable bonds is 4. The number of hydrogen-bond donors (Lipinski definition) is 1. The lowest BCUT2D eigenvalue weighted by Gasteiger charge is -2.34. The van der Waals surface area contributed by atoms with E-state index in [9.17, 15) is 4.79 Å². The topological polar surface area (TPSA) is 71.3 Å². The number of nitrogens with zero attached hydrogens (tertiary/aromatic N) is 3. The third-order valence-corrected chi connectivity index (χ3v) is 5.32. The first-order chi connectivity index (χ1) is 10.6. The Labute approximate surface area is 141 Å². The molecule has 2 aromatic rings. The maximum atomic E-state index is 12.3. The highest BCUT2D eigenvalue weighted by Crippen LogP contribution is 2.27. The number of halogens is 1. The molecule has 1 aliphatic heterocycles. The highest BCUT2D eigenvalue weighted by molar-refractivity contribution is 9.10. The van der Waals surface area contributed by atoms with Crippen molar-refractivity contribution in [3.8, 4) is 10.7 Å². The van der Waals surface area contributed by atoms with Crippen molar-refractivity contribution in [1.29, 1.82) is 0 Å². The van der Waals surface area contributed by atoms with Gasteiger partial charge in [-0.1, -0.05) is 5.16 Å². The van der Waals surface area contributed by atoms with Crippen LogP contribution >= 0.6 is 27.3 Å². The zero-order valence-electron chi connectivity index (χ0n) is 12.2. The fraction of sp³-hybridized carbons (Fsp3) is 0.500. The Morgan fingerprint density at radius 1 is 1.64 bits per heavy atom. The van der Waals surface area contributed by atoms with Crippen molar-refractivity contribution in [1.82, 2.24) is 20.4 Å². The van der Waals surface area contributed by atoms with Crippen LogP contribution in [0.1, 0.15) is 19.2 Å². The molecule has 1 aliphatic rings. The van der Waals surface area contributed by atoms with Crippen LogP contribution in [0, 0.1) is 0 Å². The highest BCUT2D eigenvalue weighted by atomic mass is 79.9. The normalized spacial score (nSPS) is 18.6. The summed E-state index contributed by atoms with van der Waals surface area (Å²) in [6.07, 6.45) is 0.884. The Hall–Kier alpha value is -1.25. The van der Waals surface area contributed by atoms with E-state index >= 15 is 0 Å². The Morgan fingerprint density at radius 3 is 3.23 bits per heavy atom. The minimum absolute atomic E-state index is 0.146. The van der Waals surface area contributed by atoms with Crippen LogP contribution in [-0.4, -0.2) is 46.6 Å². The molecule has 0 aliphatic carbocycles. The van der Waals surface area contributed by atoms with Gasteiger partial charge < -0.3 is 14.7 Å². The van der Waals surface area contributed by atoms with Crippen LogP contribution in [-0.2, 0) is 11.2 Å². The van der Waals surface area contributed by atoms with Crippen LogP contribution in [0.2, 0.25) is 0 Å². The van der Waals surface area contributed by atoms with Gasteiger partial charge in [0.25, 0.3) is 0 Å². The smallest absolute Gasteiger partial charge is 0.227 e. The molecule has 1 saturated heterocycles. The quantitative estimate of drug-likeness (QED) is 0.875. The SMILES string of the molecule is CC1CNCCN1C(=O)CCc1nc(-c2cc(Br)cs2)no1. The summed E-state index contributed by atoms with van der Waals surface area (Å²) in [6.45, 7) is 4.53. The molecule has 3 rings (SSSR count). The van der Waals surface area contributed by atoms with Crippen LogP contribution in [0.3, 0.4) is 0 Å². The van der Waals surface area contributed by atoms with E-state index in [0.717, 1.165) is 29.0 Å². The molecular weight excluding hydrogens is 368 g/mol. The largest absolute Gasteiger partial charge is 0.339 e. The average molecular weight is 385 g/mol. The predicted molar refractivity (Wildman–Crippen MR) is 87.7 cm³/mol. The molecule has 22 heavy (non-hydrogen) atoms. The lowest BCUT2D eigenvalue weighted by Crippen LogP contribution is -2.52. The van der Waals surface area contributed by atoms with E-state index in [1.807, 2.05) is 16.3 Å². The molecule has 0 radical (unpaired) electrons. The molecule has 1 fully saturated rings. The molecule has 0 aromatic carbocycles. The summed E-state index contributed by atoms with van der Waals surface area (Å²) in [7, 11) is 0. The minimum Gasteiger partial charge on any atom is -0.339 e. The van der Waals surface area contributed by atoms with Gasteiger partial charge in [-0.25, -0.2) is 0 Å². The molecule has 3 heterocycles. The van der Waals surface area contributed by atoms with Crippen molar-refractivity contribution >= 4 is 33.2 Å². The molecular formula is C14H17BrN4O2S. The molecule has 8 heteroatoms. The van der Waals surface area contributed by atoms with Crippen LogP contribution < -0.4 is 5.32 Å². The number of hydrogen-bond acceptors (Lipinski definition) is 6. The Kier molecular flexibility index (Phi) is 4.90. The third kappa shape index (κ3) is 3.56. The van der Waals surface area contributed by atoms with E-state index in [4.69, 9.17) is 4.52 Å². The molecule has 0 bridgehead atoms. The average Bonchev–Trinajstić information content (AvgIpc) is 3.14. The van der Waals surface area contributed by atoms with Gasteiger partial charge in [0.2, 0.25) is 17.6 Å². The summed E-state index contributed by atoms with van der Waals surface area (Å²) in [6, 6.07) is 2.19. The maximum Gasteiger partial charge on any atom is 0.227 e. The van der Waals surface area contributed by atoms with Gasteiger partial charge in [-0.3, -0.25) is 4.79 Å². The van der Waals surface area contributed by atoms with Crippen molar-refractivity contribution in [2.75, 3.05) is 19.6 Å². The number of amides is 1. The Balaban J connectivity index is 1.57. The van der Waals surface area contributed by atoms with E-state index < -0.39 is 0 Å². The van der Waals surface area contributed by atoms with Crippen LogP contribution in [0.4, 0.5) is 0 Å². The second-order valence-corrected chi connectivity index (χ2v) is 7.11. The number of aryl methyl sites for hydroxylation is 1. The Bertz CT molecular complexity index is 657. The van der Waals surface area contributed by atoms with Crippen LogP contribution in [0.5, 0.6) is 0 Å². The highest BCUT2D eigenvalue weighted by Gasteiger charge is 2.23. The van der Waals surface area contributed by atoms with E-state index in [1.54, 1.807) is 11.3 Å².